The molecule has 2 rings (SSSR count). The summed E-state index contributed by atoms with van der Waals surface area (Å²) in [6.45, 7) is 0. The van der Waals surface area contributed by atoms with Gasteiger partial charge in [0.25, 0.3) is 0 Å². The molecule has 3 nitrogen and oxygen atoms in total. The largest absolute Gasteiger partial charge is 0.399 e. The molecule has 1 aromatic heterocycles. The van der Waals surface area contributed by atoms with E-state index in [9.17, 15) is 4.79 Å². The van der Waals surface area contributed by atoms with Crippen molar-refractivity contribution < 1.29 is 4.79 Å². The number of rotatable bonds is 3. The lowest BCUT2D eigenvalue weighted by atomic mass is 10.0. The maximum Gasteiger partial charge on any atom is 0.168 e. The average Bonchev–Trinajstić information content (AvgIpc) is 2.33. The average molecular weight is 291 g/mol. The Hall–Kier alpha value is -1.68. The van der Waals surface area contributed by atoms with Crippen LogP contribution in [-0.2, 0) is 6.42 Å². The van der Waals surface area contributed by atoms with E-state index in [2.05, 4.69) is 20.9 Å². The first-order valence-electron chi connectivity index (χ1n) is 5.14. The highest BCUT2D eigenvalue weighted by Crippen LogP contribution is 2.21. The number of ketones is 1. The maximum atomic E-state index is 12.1. The van der Waals surface area contributed by atoms with E-state index in [1.165, 1.54) is 0 Å². The number of hydrogen-bond donors (Lipinski definition) is 1. The molecule has 86 valence electrons. The van der Waals surface area contributed by atoms with Crippen LogP contribution in [0.5, 0.6) is 0 Å². The molecule has 0 bridgehead atoms. The molecule has 0 aliphatic heterocycles. The van der Waals surface area contributed by atoms with Crippen molar-refractivity contribution in [1.82, 2.24) is 4.98 Å². The summed E-state index contributed by atoms with van der Waals surface area (Å²) in [5.74, 6) is 0.0252. The number of aromatic nitrogens is 1. The van der Waals surface area contributed by atoms with E-state index >= 15 is 0 Å². The Balaban J connectivity index is 2.23. The number of nitrogen functional groups attached to an aromatic ring is 1. The number of nitrogens with two attached hydrogens (primary N) is 1. The van der Waals surface area contributed by atoms with E-state index < -0.39 is 0 Å². The third kappa shape index (κ3) is 2.91. The first-order valence-corrected chi connectivity index (χ1v) is 5.93. The van der Waals surface area contributed by atoms with Crippen LogP contribution in [0.15, 0.2) is 47.2 Å². The Morgan fingerprint density at radius 2 is 2.18 bits per heavy atom. The molecule has 2 aromatic rings. The first-order chi connectivity index (χ1) is 8.16. The Kier molecular flexibility index (Phi) is 3.54. The Labute approximate surface area is 108 Å². The molecule has 4 heteroatoms. The lowest BCUT2D eigenvalue weighted by molar-refractivity contribution is 0.0992. The zero-order valence-corrected chi connectivity index (χ0v) is 10.6. The molecule has 0 spiro atoms. The second-order valence-electron chi connectivity index (χ2n) is 3.70. The van der Waals surface area contributed by atoms with Crippen LogP contribution in [0.2, 0.25) is 0 Å². The van der Waals surface area contributed by atoms with Gasteiger partial charge in [0.2, 0.25) is 0 Å². The van der Waals surface area contributed by atoms with Crippen molar-refractivity contribution in [2.45, 2.75) is 6.42 Å². The number of halogens is 1. The Bertz CT molecular complexity index is 540. The van der Waals surface area contributed by atoms with Crippen molar-refractivity contribution in [3.05, 3.63) is 58.3 Å². The smallest absolute Gasteiger partial charge is 0.168 e. The summed E-state index contributed by atoms with van der Waals surface area (Å²) in [5, 5.41) is 0. The van der Waals surface area contributed by atoms with Gasteiger partial charge in [-0.05, 0) is 29.8 Å². The molecule has 0 aliphatic carbocycles. The fourth-order valence-corrected chi connectivity index (χ4v) is 2.01. The summed E-state index contributed by atoms with van der Waals surface area (Å²) >= 11 is 3.35. The second kappa shape index (κ2) is 5.10. The molecule has 1 aromatic carbocycles. The number of pyridine rings is 1. The lowest BCUT2D eigenvalue weighted by Gasteiger charge is -2.05. The molecule has 0 fully saturated rings. The van der Waals surface area contributed by atoms with Gasteiger partial charge in [-0.3, -0.25) is 9.78 Å². The molecule has 0 unspecified atom stereocenters. The van der Waals surface area contributed by atoms with E-state index in [4.69, 9.17) is 5.73 Å². The highest BCUT2D eigenvalue weighted by Gasteiger charge is 2.11. The number of carbonyl (C=O) groups excluding carboxylic acids is 1. The maximum absolute atomic E-state index is 12.1. The standard InChI is InChI=1S/C13H11BrN2O/c14-12-4-3-10(15)7-11(12)13(17)6-9-2-1-5-16-8-9/h1-5,7-8H,6,15H2. The summed E-state index contributed by atoms with van der Waals surface area (Å²) in [7, 11) is 0. The van der Waals surface area contributed by atoms with Crippen molar-refractivity contribution in [3.63, 3.8) is 0 Å². The third-order valence-corrected chi connectivity index (χ3v) is 3.07. The number of hydrogen-bond acceptors (Lipinski definition) is 3. The molecule has 0 saturated heterocycles. The van der Waals surface area contributed by atoms with E-state index in [-0.39, 0.29) is 5.78 Å². The van der Waals surface area contributed by atoms with Crippen molar-refractivity contribution in [2.24, 2.45) is 0 Å². The van der Waals surface area contributed by atoms with Crippen LogP contribution < -0.4 is 5.73 Å². The summed E-state index contributed by atoms with van der Waals surface area (Å²) in [4.78, 5) is 16.1. The molecule has 0 radical (unpaired) electrons. The van der Waals surface area contributed by atoms with Gasteiger partial charge in [-0.25, -0.2) is 0 Å². The fourth-order valence-electron chi connectivity index (χ4n) is 1.54. The zero-order chi connectivity index (χ0) is 12.3. The van der Waals surface area contributed by atoms with E-state index in [1.807, 2.05) is 12.1 Å². The highest BCUT2D eigenvalue weighted by atomic mass is 79.9. The van der Waals surface area contributed by atoms with Crippen molar-refractivity contribution in [3.8, 4) is 0 Å². The Morgan fingerprint density at radius 3 is 2.88 bits per heavy atom. The number of Topliss-reactive ketones (excluding diaryl/α,β-unsaturated/α-hetero) is 1. The predicted octanol–water partition coefficient (Wildman–Crippen LogP) is 2.85. The minimum absolute atomic E-state index is 0.0252. The molecule has 17 heavy (non-hydrogen) atoms. The second-order valence-corrected chi connectivity index (χ2v) is 4.55. The van der Waals surface area contributed by atoms with Crippen LogP contribution in [-0.4, -0.2) is 10.8 Å². The Morgan fingerprint density at radius 1 is 1.35 bits per heavy atom. The van der Waals surface area contributed by atoms with Crippen molar-refractivity contribution in [1.29, 1.82) is 0 Å². The van der Waals surface area contributed by atoms with Crippen LogP contribution in [0.4, 0.5) is 5.69 Å². The van der Waals surface area contributed by atoms with Gasteiger partial charge in [0.15, 0.2) is 5.78 Å². The van der Waals surface area contributed by atoms with Gasteiger partial charge >= 0.3 is 0 Å². The number of carbonyl (C=O) groups is 1. The number of nitrogens with zero attached hydrogens (tertiary/aromatic N) is 1. The van der Waals surface area contributed by atoms with Crippen LogP contribution in [0.3, 0.4) is 0 Å². The minimum atomic E-state index is 0.0252. The molecule has 0 saturated carbocycles. The zero-order valence-electron chi connectivity index (χ0n) is 9.06. The fraction of sp³-hybridized carbons (Fsp3) is 0.0769. The van der Waals surface area contributed by atoms with Crippen LogP contribution in [0.1, 0.15) is 15.9 Å². The van der Waals surface area contributed by atoms with Crippen molar-refractivity contribution in [2.75, 3.05) is 5.73 Å². The van der Waals surface area contributed by atoms with Crippen LogP contribution in [0, 0.1) is 0 Å². The minimum Gasteiger partial charge on any atom is -0.399 e. The molecule has 0 aliphatic rings. The van der Waals surface area contributed by atoms with Gasteiger partial charge in [-0.1, -0.05) is 22.0 Å². The number of anilines is 1. The van der Waals surface area contributed by atoms with Crippen LogP contribution >= 0.6 is 15.9 Å². The summed E-state index contributed by atoms with van der Waals surface area (Å²) in [5.41, 5.74) is 7.76. The van der Waals surface area contributed by atoms with E-state index in [0.717, 1.165) is 10.0 Å². The molecule has 1 heterocycles. The molecule has 0 atom stereocenters. The van der Waals surface area contributed by atoms with Gasteiger partial charge in [0.1, 0.15) is 0 Å². The summed E-state index contributed by atoms with van der Waals surface area (Å²) < 4.78 is 0.764. The van der Waals surface area contributed by atoms with Gasteiger partial charge in [0.05, 0.1) is 0 Å². The van der Waals surface area contributed by atoms with Crippen LogP contribution in [0.25, 0.3) is 0 Å². The third-order valence-electron chi connectivity index (χ3n) is 2.38. The van der Waals surface area contributed by atoms with Gasteiger partial charge in [0, 0.05) is 34.5 Å². The normalized spacial score (nSPS) is 10.2. The topological polar surface area (TPSA) is 56.0 Å². The number of benzene rings is 1. The van der Waals surface area contributed by atoms with E-state index in [1.54, 1.807) is 30.6 Å². The van der Waals surface area contributed by atoms with Gasteiger partial charge in [-0.2, -0.15) is 0 Å². The highest BCUT2D eigenvalue weighted by molar-refractivity contribution is 9.10. The lowest BCUT2D eigenvalue weighted by Crippen LogP contribution is -2.05. The van der Waals surface area contributed by atoms with Gasteiger partial charge < -0.3 is 5.73 Å². The monoisotopic (exact) mass is 290 g/mol. The SMILES string of the molecule is Nc1ccc(Br)c(C(=O)Cc2cccnc2)c1. The molecular weight excluding hydrogens is 280 g/mol. The molecular formula is C13H11BrN2O. The summed E-state index contributed by atoms with van der Waals surface area (Å²) in [6, 6.07) is 8.92. The van der Waals surface area contributed by atoms with Gasteiger partial charge in [-0.15, -0.1) is 0 Å². The quantitative estimate of drug-likeness (QED) is 0.699. The molecule has 0 amide bonds. The first kappa shape index (κ1) is 11.8. The van der Waals surface area contributed by atoms with Crippen molar-refractivity contribution >= 4 is 27.4 Å². The summed E-state index contributed by atoms with van der Waals surface area (Å²) in [6.07, 6.45) is 3.71. The molecule has 2 N–H and O–H groups in total. The van der Waals surface area contributed by atoms with E-state index in [0.29, 0.717) is 17.7 Å². The predicted molar refractivity (Wildman–Crippen MR) is 70.8 cm³/mol.